The van der Waals surface area contributed by atoms with Gasteiger partial charge in [-0.15, -0.1) is 0 Å². The molecular weight excluding hydrogens is 388 g/mol. The van der Waals surface area contributed by atoms with E-state index in [0.29, 0.717) is 0 Å². The van der Waals surface area contributed by atoms with Gasteiger partial charge >= 0.3 is 0 Å². The van der Waals surface area contributed by atoms with Gasteiger partial charge in [-0.2, -0.15) is 0 Å². The average molecular weight is 414 g/mol. The van der Waals surface area contributed by atoms with Gasteiger partial charge in [-0.1, -0.05) is 42.5 Å². The van der Waals surface area contributed by atoms with Crippen LogP contribution in [0.25, 0.3) is 0 Å². The van der Waals surface area contributed by atoms with Crippen molar-refractivity contribution >= 4 is 17.7 Å². The normalized spacial score (nSPS) is 13.7. The molecule has 0 spiro atoms. The van der Waals surface area contributed by atoms with Gasteiger partial charge in [-0.3, -0.25) is 14.4 Å². The molecule has 0 fully saturated rings. The predicted molar refractivity (Wildman–Crippen MR) is 110 cm³/mol. The highest BCUT2D eigenvalue weighted by molar-refractivity contribution is 5.92. The van der Waals surface area contributed by atoms with Gasteiger partial charge in [0, 0.05) is 6.42 Å². The predicted octanol–water partition coefficient (Wildman–Crippen LogP) is -1.05. The number of aromatic hydroxyl groups is 1. The molecule has 30 heavy (non-hydrogen) atoms. The van der Waals surface area contributed by atoms with Crippen molar-refractivity contribution < 1.29 is 24.6 Å². The molecule has 0 saturated carbocycles. The van der Waals surface area contributed by atoms with Crippen molar-refractivity contribution in [2.24, 2.45) is 11.5 Å². The number of nitrogens with one attached hydrogen (secondary N) is 2. The summed E-state index contributed by atoms with van der Waals surface area (Å²) in [5.41, 5.74) is 12.8. The molecule has 8 N–H and O–H groups in total. The molecule has 0 bridgehead atoms. The zero-order chi connectivity index (χ0) is 22.1. The lowest BCUT2D eigenvalue weighted by Gasteiger charge is -2.22. The molecule has 2 rings (SSSR count). The van der Waals surface area contributed by atoms with Crippen LogP contribution in [0.15, 0.2) is 54.6 Å². The van der Waals surface area contributed by atoms with Crippen LogP contribution >= 0.6 is 0 Å². The Morgan fingerprint density at radius 1 is 0.833 bits per heavy atom. The minimum Gasteiger partial charge on any atom is -0.508 e. The number of carbonyl (C=O) groups excluding carboxylic acids is 3. The highest BCUT2D eigenvalue weighted by atomic mass is 16.3. The molecule has 0 saturated heterocycles. The summed E-state index contributed by atoms with van der Waals surface area (Å²) in [5.74, 6) is -2.04. The van der Waals surface area contributed by atoms with Crippen LogP contribution in [0, 0.1) is 0 Å². The van der Waals surface area contributed by atoms with Gasteiger partial charge < -0.3 is 32.3 Å². The molecule has 160 valence electrons. The van der Waals surface area contributed by atoms with Crippen LogP contribution in [0.4, 0.5) is 0 Å². The Kier molecular flexibility index (Phi) is 8.33. The van der Waals surface area contributed by atoms with E-state index in [1.54, 1.807) is 36.4 Å². The summed E-state index contributed by atoms with van der Waals surface area (Å²) in [4.78, 5) is 36.5. The Hall–Kier alpha value is -3.43. The van der Waals surface area contributed by atoms with Crippen molar-refractivity contribution in [3.8, 4) is 5.75 Å². The van der Waals surface area contributed by atoms with Gasteiger partial charge in [0.15, 0.2) is 0 Å². The van der Waals surface area contributed by atoms with Crippen LogP contribution in [0.2, 0.25) is 0 Å². The van der Waals surface area contributed by atoms with Crippen molar-refractivity contribution in [3.63, 3.8) is 0 Å². The Morgan fingerprint density at radius 3 is 1.97 bits per heavy atom. The van der Waals surface area contributed by atoms with Gasteiger partial charge in [0.1, 0.15) is 17.8 Å². The van der Waals surface area contributed by atoms with Crippen LogP contribution in [0.5, 0.6) is 5.75 Å². The molecule has 9 nitrogen and oxygen atoms in total. The summed E-state index contributed by atoms with van der Waals surface area (Å²) in [7, 11) is 0. The van der Waals surface area contributed by atoms with Gasteiger partial charge in [0.2, 0.25) is 17.7 Å². The largest absolute Gasteiger partial charge is 0.508 e. The zero-order valence-corrected chi connectivity index (χ0v) is 16.3. The molecule has 2 aromatic carbocycles. The molecule has 0 radical (unpaired) electrons. The molecule has 0 aliphatic heterocycles. The summed E-state index contributed by atoms with van der Waals surface area (Å²) in [6, 6.07) is 11.9. The van der Waals surface area contributed by atoms with Crippen molar-refractivity contribution in [3.05, 3.63) is 65.7 Å². The number of aliphatic hydroxyl groups is 1. The first kappa shape index (κ1) is 22.9. The molecule has 3 amide bonds. The van der Waals surface area contributed by atoms with E-state index in [9.17, 15) is 24.6 Å². The van der Waals surface area contributed by atoms with Gasteiger partial charge in [0.05, 0.1) is 12.6 Å². The number of carbonyl (C=O) groups is 3. The Labute approximate surface area is 174 Å². The zero-order valence-electron chi connectivity index (χ0n) is 16.3. The average Bonchev–Trinajstić information content (AvgIpc) is 2.73. The van der Waals surface area contributed by atoms with Gasteiger partial charge in [-0.05, 0) is 29.7 Å². The minimum atomic E-state index is -1.29. The molecule has 0 aromatic heterocycles. The molecule has 9 heteroatoms. The van der Waals surface area contributed by atoms with Gasteiger partial charge in [-0.25, -0.2) is 0 Å². The van der Waals surface area contributed by atoms with Crippen molar-refractivity contribution in [1.29, 1.82) is 0 Å². The Bertz CT molecular complexity index is 857. The van der Waals surface area contributed by atoms with Crippen LogP contribution in [0.3, 0.4) is 0 Å². The van der Waals surface area contributed by atoms with Crippen LogP contribution in [-0.2, 0) is 27.2 Å². The van der Waals surface area contributed by atoms with E-state index in [2.05, 4.69) is 10.6 Å². The SMILES string of the molecule is NC(=O)[C@H](Cc1ccccc1)NC(=O)[C@@H](CO)NC(=O)[C@@H](N)Cc1ccc(O)cc1. The molecule has 3 atom stereocenters. The summed E-state index contributed by atoms with van der Waals surface area (Å²) in [5, 5.41) is 23.7. The quantitative estimate of drug-likeness (QED) is 0.290. The fraction of sp³-hybridized carbons (Fsp3) is 0.286. The fourth-order valence-electron chi connectivity index (χ4n) is 2.80. The van der Waals surface area contributed by atoms with Crippen molar-refractivity contribution in [2.75, 3.05) is 6.61 Å². The standard InChI is InChI=1S/C21H26N4O5/c22-16(10-14-6-8-15(27)9-7-14)20(29)25-18(12-26)21(30)24-17(19(23)28)11-13-4-2-1-3-5-13/h1-9,16-18,26-27H,10-12,22H2,(H2,23,28)(H,24,30)(H,25,29)/t16-,17-,18+/m0/s1. The van der Waals surface area contributed by atoms with E-state index < -0.39 is 42.5 Å². The summed E-state index contributed by atoms with van der Waals surface area (Å²) >= 11 is 0. The second kappa shape index (κ2) is 10.9. The molecule has 0 aliphatic rings. The Morgan fingerprint density at radius 2 is 1.40 bits per heavy atom. The third-order valence-electron chi connectivity index (χ3n) is 4.49. The maximum absolute atomic E-state index is 12.5. The number of phenolic OH excluding ortho intramolecular Hbond substituents is 1. The topological polar surface area (TPSA) is 168 Å². The lowest BCUT2D eigenvalue weighted by molar-refractivity contribution is -0.132. The molecule has 0 unspecified atom stereocenters. The number of aliphatic hydroxyl groups excluding tert-OH is 1. The first-order valence-electron chi connectivity index (χ1n) is 9.38. The number of hydrogen-bond donors (Lipinski definition) is 6. The monoisotopic (exact) mass is 414 g/mol. The van der Waals surface area contributed by atoms with Crippen molar-refractivity contribution in [2.45, 2.75) is 31.0 Å². The molecular formula is C21H26N4O5. The highest BCUT2D eigenvalue weighted by Crippen LogP contribution is 2.11. The van der Waals surface area contributed by atoms with E-state index in [4.69, 9.17) is 11.5 Å². The third-order valence-corrected chi connectivity index (χ3v) is 4.49. The second-order valence-electron chi connectivity index (χ2n) is 6.87. The maximum Gasteiger partial charge on any atom is 0.245 e. The lowest BCUT2D eigenvalue weighted by atomic mass is 10.0. The second-order valence-corrected chi connectivity index (χ2v) is 6.87. The number of hydrogen-bond acceptors (Lipinski definition) is 6. The smallest absolute Gasteiger partial charge is 0.245 e. The van der Waals surface area contributed by atoms with Crippen LogP contribution in [-0.4, -0.2) is 52.7 Å². The summed E-state index contributed by atoms with van der Waals surface area (Å²) in [6.07, 6.45) is 0.345. The highest BCUT2D eigenvalue weighted by Gasteiger charge is 2.27. The maximum atomic E-state index is 12.5. The van der Waals surface area contributed by atoms with E-state index >= 15 is 0 Å². The first-order valence-corrected chi connectivity index (χ1v) is 9.38. The number of phenols is 1. The van der Waals surface area contributed by atoms with E-state index in [1.165, 1.54) is 12.1 Å². The number of nitrogens with two attached hydrogens (primary N) is 2. The van der Waals surface area contributed by atoms with Gasteiger partial charge in [0.25, 0.3) is 0 Å². The number of benzene rings is 2. The van der Waals surface area contributed by atoms with E-state index in [-0.39, 0.29) is 18.6 Å². The minimum absolute atomic E-state index is 0.0910. The number of rotatable bonds is 10. The lowest BCUT2D eigenvalue weighted by Crippen LogP contribution is -2.57. The molecule has 2 aromatic rings. The van der Waals surface area contributed by atoms with Crippen LogP contribution in [0.1, 0.15) is 11.1 Å². The third kappa shape index (κ3) is 6.87. The van der Waals surface area contributed by atoms with E-state index in [0.717, 1.165) is 11.1 Å². The Balaban J connectivity index is 1.95. The summed E-state index contributed by atoms with van der Waals surface area (Å²) < 4.78 is 0. The first-order chi connectivity index (χ1) is 14.3. The fourth-order valence-corrected chi connectivity index (χ4v) is 2.80. The number of amides is 3. The molecule has 0 aliphatic carbocycles. The van der Waals surface area contributed by atoms with Crippen molar-refractivity contribution in [1.82, 2.24) is 10.6 Å². The summed E-state index contributed by atoms with van der Waals surface area (Å²) in [6.45, 7) is -0.680. The van der Waals surface area contributed by atoms with Crippen LogP contribution < -0.4 is 22.1 Å². The molecule has 0 heterocycles. The number of primary amides is 1. The van der Waals surface area contributed by atoms with E-state index in [1.807, 2.05) is 6.07 Å².